The third kappa shape index (κ3) is 14.2. The van der Waals surface area contributed by atoms with Crippen molar-refractivity contribution in [2.75, 3.05) is 6.61 Å². The lowest BCUT2D eigenvalue weighted by molar-refractivity contribution is -0.137. The Bertz CT molecular complexity index is 229. The van der Waals surface area contributed by atoms with Crippen LogP contribution in [-0.4, -0.2) is 18.6 Å². The van der Waals surface area contributed by atoms with Crippen LogP contribution in [0.1, 0.15) is 38.5 Å². The van der Waals surface area contributed by atoms with Gasteiger partial charge in [0.1, 0.15) is 0 Å². The summed E-state index contributed by atoms with van der Waals surface area (Å²) in [5, 5.41) is 0. The predicted octanol–water partition coefficient (Wildman–Crippen LogP) is 4.71. The molecule has 0 aromatic carbocycles. The molecule has 0 fully saturated rings. The van der Waals surface area contributed by atoms with E-state index in [0.29, 0.717) is 6.61 Å². The van der Waals surface area contributed by atoms with Gasteiger partial charge in [0, 0.05) is 6.08 Å². The molecule has 100 valence electrons. The number of hydrogen-bond acceptors (Lipinski definition) is 2. The summed E-state index contributed by atoms with van der Waals surface area (Å²) >= 11 is 17.3. The number of ether oxygens (including phenoxy) is 1. The van der Waals surface area contributed by atoms with Gasteiger partial charge in [0.2, 0.25) is 0 Å². The molecule has 0 unspecified atom stereocenters. The summed E-state index contributed by atoms with van der Waals surface area (Å²) in [5.41, 5.74) is 0. The number of halogens is 3. The summed E-state index contributed by atoms with van der Waals surface area (Å²) < 4.78 is 4.86. The van der Waals surface area contributed by atoms with Gasteiger partial charge in [-0.1, -0.05) is 38.7 Å². The molecule has 0 heterocycles. The minimum absolute atomic E-state index is 0.349. The van der Waals surface area contributed by atoms with Crippen LogP contribution in [0.2, 0.25) is 6.04 Å². The molecule has 0 radical (unpaired) electrons. The van der Waals surface area contributed by atoms with Gasteiger partial charge < -0.3 is 4.74 Å². The van der Waals surface area contributed by atoms with E-state index in [-0.39, 0.29) is 5.97 Å². The third-order valence-electron chi connectivity index (χ3n) is 2.27. The van der Waals surface area contributed by atoms with Gasteiger partial charge in [-0.2, -0.15) is 0 Å². The molecule has 0 aliphatic carbocycles. The third-order valence-corrected chi connectivity index (χ3v) is 4.89. The number of hydrogen-bond donors (Lipinski definition) is 0. The Morgan fingerprint density at radius 3 is 2.12 bits per heavy atom. The van der Waals surface area contributed by atoms with Gasteiger partial charge in [0.05, 0.1) is 6.61 Å². The molecular formula is C11H19Cl3O2Si. The Balaban J connectivity index is 3.14. The molecule has 2 nitrogen and oxygen atoms in total. The molecule has 17 heavy (non-hydrogen) atoms. The predicted molar refractivity (Wildman–Crippen MR) is 77.0 cm³/mol. The van der Waals surface area contributed by atoms with Gasteiger partial charge in [-0.15, -0.1) is 33.2 Å². The normalized spacial score (nSPS) is 11.2. The first-order valence-electron chi connectivity index (χ1n) is 5.81. The van der Waals surface area contributed by atoms with Gasteiger partial charge >= 0.3 is 12.0 Å². The van der Waals surface area contributed by atoms with Crippen LogP contribution in [0.5, 0.6) is 0 Å². The van der Waals surface area contributed by atoms with Crippen molar-refractivity contribution in [1.29, 1.82) is 0 Å². The molecule has 0 bridgehead atoms. The van der Waals surface area contributed by atoms with E-state index < -0.39 is 6.00 Å². The second kappa shape index (κ2) is 10.2. The number of esters is 1. The Labute approximate surface area is 118 Å². The maximum Gasteiger partial charge on any atom is 0.341 e. The number of unbranched alkanes of at least 4 members (excludes halogenated alkanes) is 5. The van der Waals surface area contributed by atoms with Crippen molar-refractivity contribution in [2.24, 2.45) is 0 Å². The Morgan fingerprint density at radius 2 is 1.59 bits per heavy atom. The molecule has 0 atom stereocenters. The van der Waals surface area contributed by atoms with Crippen LogP contribution in [-0.2, 0) is 9.53 Å². The van der Waals surface area contributed by atoms with E-state index in [1.807, 2.05) is 0 Å². The summed E-state index contributed by atoms with van der Waals surface area (Å²) in [6.07, 6.45) is 7.52. The van der Waals surface area contributed by atoms with Crippen LogP contribution in [0.4, 0.5) is 0 Å². The van der Waals surface area contributed by atoms with Gasteiger partial charge in [0.25, 0.3) is 0 Å². The minimum Gasteiger partial charge on any atom is -0.463 e. The summed E-state index contributed by atoms with van der Waals surface area (Å²) in [6.45, 7) is 3.80. The lowest BCUT2D eigenvalue weighted by Crippen LogP contribution is -2.07. The quantitative estimate of drug-likeness (QED) is 0.192. The van der Waals surface area contributed by atoms with Crippen molar-refractivity contribution in [3.8, 4) is 0 Å². The zero-order chi connectivity index (χ0) is 13.1. The minimum atomic E-state index is -2.41. The van der Waals surface area contributed by atoms with Crippen molar-refractivity contribution in [1.82, 2.24) is 0 Å². The van der Waals surface area contributed by atoms with Gasteiger partial charge in [-0.25, -0.2) is 4.79 Å². The molecule has 0 aromatic heterocycles. The Hall–Kier alpha value is 0.297. The molecule has 0 aliphatic rings. The van der Waals surface area contributed by atoms with Gasteiger partial charge in [-0.3, -0.25) is 0 Å². The average molecular weight is 318 g/mol. The summed E-state index contributed by atoms with van der Waals surface area (Å²) in [6, 6.07) is -1.66. The fourth-order valence-electron chi connectivity index (χ4n) is 1.37. The maximum atomic E-state index is 10.7. The SMILES string of the molecule is C=CC(=O)OCCCCCCCC[Si](Cl)(Cl)Cl. The molecule has 0 spiro atoms. The molecule has 0 saturated carbocycles. The molecule has 0 aromatic rings. The second-order valence-corrected chi connectivity index (χ2v) is 13.1. The number of rotatable bonds is 10. The van der Waals surface area contributed by atoms with E-state index in [2.05, 4.69) is 6.58 Å². The zero-order valence-corrected chi connectivity index (χ0v) is 13.2. The molecular weight excluding hydrogens is 299 g/mol. The fraction of sp³-hybridized carbons (Fsp3) is 0.727. The maximum absolute atomic E-state index is 10.7. The smallest absolute Gasteiger partial charge is 0.341 e. The highest BCUT2D eigenvalue weighted by atomic mass is 35.8. The van der Waals surface area contributed by atoms with E-state index in [0.717, 1.165) is 44.6 Å². The van der Waals surface area contributed by atoms with Crippen LogP contribution in [0.3, 0.4) is 0 Å². The van der Waals surface area contributed by atoms with Crippen LogP contribution in [0.15, 0.2) is 12.7 Å². The fourth-order valence-corrected chi connectivity index (χ4v) is 3.22. The topological polar surface area (TPSA) is 26.3 Å². The van der Waals surface area contributed by atoms with E-state index in [4.69, 9.17) is 38.0 Å². The first-order valence-corrected chi connectivity index (χ1v) is 11.1. The molecule has 6 heteroatoms. The Morgan fingerprint density at radius 1 is 1.06 bits per heavy atom. The zero-order valence-electron chi connectivity index (χ0n) is 9.89. The van der Waals surface area contributed by atoms with E-state index in [9.17, 15) is 4.79 Å². The second-order valence-electron chi connectivity index (χ2n) is 3.86. The van der Waals surface area contributed by atoms with Crippen molar-refractivity contribution in [3.63, 3.8) is 0 Å². The number of carbonyl (C=O) groups excluding carboxylic acids is 1. The standard InChI is InChI=1S/C11H19Cl3O2Si/c1-2-11(15)16-9-7-5-3-4-6-8-10-17(12,13)14/h2H,1,3-10H2. The van der Waals surface area contributed by atoms with Crippen molar-refractivity contribution in [3.05, 3.63) is 12.7 Å². The molecule has 0 aliphatic heterocycles. The van der Waals surface area contributed by atoms with Gasteiger partial charge in [0.15, 0.2) is 0 Å². The highest BCUT2D eigenvalue weighted by molar-refractivity contribution is 7.64. The molecule has 0 saturated heterocycles. The van der Waals surface area contributed by atoms with Crippen LogP contribution >= 0.6 is 33.2 Å². The Kier molecular flexibility index (Phi) is 10.4. The summed E-state index contributed by atoms with van der Waals surface area (Å²) in [5.74, 6) is -0.349. The van der Waals surface area contributed by atoms with E-state index >= 15 is 0 Å². The largest absolute Gasteiger partial charge is 0.463 e. The highest BCUT2D eigenvalue weighted by Crippen LogP contribution is 2.27. The summed E-state index contributed by atoms with van der Waals surface area (Å²) in [7, 11) is 0. The van der Waals surface area contributed by atoms with Crippen molar-refractivity contribution < 1.29 is 9.53 Å². The molecule has 0 amide bonds. The highest BCUT2D eigenvalue weighted by Gasteiger charge is 2.23. The van der Waals surface area contributed by atoms with Crippen LogP contribution in [0.25, 0.3) is 0 Å². The first-order chi connectivity index (χ1) is 7.95. The summed E-state index contributed by atoms with van der Waals surface area (Å²) in [4.78, 5) is 10.7. The lowest BCUT2D eigenvalue weighted by Gasteiger charge is -2.06. The molecule has 0 N–H and O–H groups in total. The monoisotopic (exact) mass is 316 g/mol. The average Bonchev–Trinajstić information content (AvgIpc) is 2.25. The van der Waals surface area contributed by atoms with Crippen LogP contribution in [0, 0.1) is 0 Å². The first kappa shape index (κ1) is 17.3. The van der Waals surface area contributed by atoms with Crippen molar-refractivity contribution in [2.45, 2.75) is 44.6 Å². The van der Waals surface area contributed by atoms with E-state index in [1.54, 1.807) is 0 Å². The molecule has 0 rings (SSSR count). The number of carbonyl (C=O) groups is 1. The van der Waals surface area contributed by atoms with Crippen molar-refractivity contribution >= 4 is 45.2 Å². The van der Waals surface area contributed by atoms with E-state index in [1.165, 1.54) is 6.08 Å². The van der Waals surface area contributed by atoms with Gasteiger partial charge in [-0.05, 0) is 12.5 Å². The lowest BCUT2D eigenvalue weighted by atomic mass is 10.1. The van der Waals surface area contributed by atoms with Crippen LogP contribution < -0.4 is 0 Å².